The summed E-state index contributed by atoms with van der Waals surface area (Å²) in [6, 6.07) is 0. The molecule has 1 rings (SSSR count). The molecular formula is C8H12N2O. The highest BCUT2D eigenvalue weighted by atomic mass is 16.3. The lowest BCUT2D eigenvalue weighted by molar-refractivity contribution is 0.173. The largest absolute Gasteiger partial charge is 0.392 e. The molecule has 0 aliphatic rings. The van der Waals surface area contributed by atoms with Crippen LogP contribution in [0.3, 0.4) is 0 Å². The van der Waals surface area contributed by atoms with Gasteiger partial charge in [0.1, 0.15) is 5.82 Å². The van der Waals surface area contributed by atoms with Crippen LogP contribution in [0.25, 0.3) is 6.08 Å². The average Bonchev–Trinajstić information content (AvgIpc) is 2.34. The summed E-state index contributed by atoms with van der Waals surface area (Å²) >= 11 is 0. The van der Waals surface area contributed by atoms with E-state index in [-0.39, 0.29) is 6.10 Å². The zero-order chi connectivity index (χ0) is 8.27. The van der Waals surface area contributed by atoms with Crippen molar-refractivity contribution in [2.75, 3.05) is 0 Å². The van der Waals surface area contributed by atoms with E-state index in [0.717, 1.165) is 5.82 Å². The highest BCUT2D eigenvalue weighted by Crippen LogP contribution is 2.00. The number of nitrogens with zero attached hydrogens (tertiary/aromatic N) is 2. The SMILES string of the molecule is C=Cc1nccn1CC(C)O. The lowest BCUT2D eigenvalue weighted by atomic mass is 10.4. The van der Waals surface area contributed by atoms with E-state index in [1.807, 2.05) is 10.8 Å². The molecule has 0 spiro atoms. The molecule has 0 fully saturated rings. The Hall–Kier alpha value is -1.09. The first-order chi connectivity index (χ1) is 5.24. The zero-order valence-corrected chi connectivity index (χ0v) is 6.57. The Bertz CT molecular complexity index is 240. The predicted molar refractivity (Wildman–Crippen MR) is 44.0 cm³/mol. The molecule has 0 aliphatic carbocycles. The van der Waals surface area contributed by atoms with Gasteiger partial charge in [-0.25, -0.2) is 4.98 Å². The van der Waals surface area contributed by atoms with Crippen LogP contribution in [0.4, 0.5) is 0 Å². The van der Waals surface area contributed by atoms with Crippen molar-refractivity contribution in [1.29, 1.82) is 0 Å². The molecule has 0 bridgehead atoms. The molecule has 0 saturated heterocycles. The normalized spacial score (nSPS) is 12.9. The van der Waals surface area contributed by atoms with Gasteiger partial charge in [-0.1, -0.05) is 6.58 Å². The van der Waals surface area contributed by atoms with Gasteiger partial charge in [-0.3, -0.25) is 0 Å². The summed E-state index contributed by atoms with van der Waals surface area (Å²) in [5.74, 6) is 0.797. The van der Waals surface area contributed by atoms with E-state index < -0.39 is 0 Å². The minimum Gasteiger partial charge on any atom is -0.392 e. The number of rotatable bonds is 3. The predicted octanol–water partition coefficient (Wildman–Crippen LogP) is 0.907. The summed E-state index contributed by atoms with van der Waals surface area (Å²) in [5.41, 5.74) is 0. The fourth-order valence-corrected chi connectivity index (χ4v) is 0.950. The molecule has 3 nitrogen and oxygen atoms in total. The highest BCUT2D eigenvalue weighted by Gasteiger charge is 2.00. The molecule has 60 valence electrons. The fraction of sp³-hybridized carbons (Fsp3) is 0.375. The van der Waals surface area contributed by atoms with Gasteiger partial charge in [0.2, 0.25) is 0 Å². The summed E-state index contributed by atoms with van der Waals surface area (Å²) in [6.07, 6.45) is 4.84. The Morgan fingerprint density at radius 2 is 2.64 bits per heavy atom. The zero-order valence-electron chi connectivity index (χ0n) is 6.57. The van der Waals surface area contributed by atoms with E-state index in [1.165, 1.54) is 0 Å². The summed E-state index contributed by atoms with van der Waals surface area (Å²) in [4.78, 5) is 4.02. The first-order valence-electron chi connectivity index (χ1n) is 3.55. The Balaban J connectivity index is 2.76. The Kier molecular flexibility index (Phi) is 2.44. The van der Waals surface area contributed by atoms with Crippen LogP contribution in [0.2, 0.25) is 0 Å². The maximum absolute atomic E-state index is 9.06. The van der Waals surface area contributed by atoms with Crippen molar-refractivity contribution in [3.8, 4) is 0 Å². The topological polar surface area (TPSA) is 38.0 Å². The smallest absolute Gasteiger partial charge is 0.132 e. The summed E-state index contributed by atoms with van der Waals surface area (Å²) in [6.45, 7) is 5.92. The summed E-state index contributed by atoms with van der Waals surface area (Å²) in [7, 11) is 0. The van der Waals surface area contributed by atoms with Gasteiger partial charge in [0.25, 0.3) is 0 Å². The van der Waals surface area contributed by atoms with Crippen LogP contribution in [0.1, 0.15) is 12.7 Å². The number of aliphatic hydroxyl groups is 1. The number of hydrogen-bond donors (Lipinski definition) is 1. The molecule has 1 heterocycles. The molecule has 0 amide bonds. The third-order valence-electron chi connectivity index (χ3n) is 1.39. The van der Waals surface area contributed by atoms with Crippen molar-refractivity contribution < 1.29 is 5.11 Å². The minimum atomic E-state index is -0.345. The standard InChI is InChI=1S/C8H12N2O/c1-3-8-9-4-5-10(8)6-7(2)11/h3-5,7,11H,1,6H2,2H3. The lowest BCUT2D eigenvalue weighted by Gasteiger charge is -2.06. The third kappa shape index (κ3) is 1.91. The molecule has 0 aliphatic heterocycles. The molecule has 1 atom stereocenters. The molecule has 3 heteroatoms. The van der Waals surface area contributed by atoms with E-state index in [4.69, 9.17) is 5.11 Å². The van der Waals surface area contributed by atoms with Crippen molar-refractivity contribution in [1.82, 2.24) is 9.55 Å². The molecule has 0 radical (unpaired) electrons. The van der Waals surface area contributed by atoms with Crippen molar-refractivity contribution >= 4 is 6.08 Å². The Morgan fingerprint density at radius 1 is 1.91 bits per heavy atom. The van der Waals surface area contributed by atoms with E-state index >= 15 is 0 Å². The Labute approximate surface area is 66.0 Å². The van der Waals surface area contributed by atoms with Crippen molar-refractivity contribution in [3.05, 3.63) is 24.8 Å². The molecule has 0 aromatic carbocycles. The number of aromatic nitrogens is 2. The molecule has 1 aromatic heterocycles. The van der Waals surface area contributed by atoms with Gasteiger partial charge in [0, 0.05) is 18.9 Å². The van der Waals surface area contributed by atoms with Gasteiger partial charge >= 0.3 is 0 Å². The van der Waals surface area contributed by atoms with Crippen molar-refractivity contribution in [2.24, 2.45) is 0 Å². The molecular weight excluding hydrogens is 140 g/mol. The quantitative estimate of drug-likeness (QED) is 0.699. The van der Waals surface area contributed by atoms with Crippen LogP contribution in [-0.4, -0.2) is 20.8 Å². The van der Waals surface area contributed by atoms with Crippen molar-refractivity contribution in [2.45, 2.75) is 19.6 Å². The molecule has 1 N–H and O–H groups in total. The van der Waals surface area contributed by atoms with E-state index in [9.17, 15) is 0 Å². The van der Waals surface area contributed by atoms with Crippen LogP contribution in [0.5, 0.6) is 0 Å². The second kappa shape index (κ2) is 3.34. The third-order valence-corrected chi connectivity index (χ3v) is 1.39. The van der Waals surface area contributed by atoms with Crippen LogP contribution >= 0.6 is 0 Å². The maximum Gasteiger partial charge on any atom is 0.132 e. The molecule has 1 unspecified atom stereocenters. The van der Waals surface area contributed by atoms with Gasteiger partial charge in [0.15, 0.2) is 0 Å². The lowest BCUT2D eigenvalue weighted by Crippen LogP contribution is -2.11. The minimum absolute atomic E-state index is 0.345. The average molecular weight is 152 g/mol. The second-order valence-electron chi connectivity index (χ2n) is 2.49. The maximum atomic E-state index is 9.06. The van der Waals surface area contributed by atoms with Crippen LogP contribution in [-0.2, 0) is 6.54 Å². The number of imidazole rings is 1. The molecule has 1 aromatic rings. The van der Waals surface area contributed by atoms with Crippen LogP contribution in [0, 0.1) is 0 Å². The number of aliphatic hydroxyl groups excluding tert-OH is 1. The van der Waals surface area contributed by atoms with Crippen LogP contribution in [0.15, 0.2) is 19.0 Å². The second-order valence-corrected chi connectivity index (χ2v) is 2.49. The van der Waals surface area contributed by atoms with E-state index in [0.29, 0.717) is 6.54 Å². The number of hydrogen-bond acceptors (Lipinski definition) is 2. The fourth-order valence-electron chi connectivity index (χ4n) is 0.950. The molecule has 11 heavy (non-hydrogen) atoms. The van der Waals surface area contributed by atoms with Gasteiger partial charge < -0.3 is 9.67 Å². The molecule has 0 saturated carbocycles. The first-order valence-corrected chi connectivity index (χ1v) is 3.55. The Morgan fingerprint density at radius 3 is 3.18 bits per heavy atom. The van der Waals surface area contributed by atoms with Gasteiger partial charge in [0.05, 0.1) is 6.10 Å². The van der Waals surface area contributed by atoms with Gasteiger partial charge in [-0.15, -0.1) is 0 Å². The first kappa shape index (κ1) is 8.01. The van der Waals surface area contributed by atoms with E-state index in [1.54, 1.807) is 19.2 Å². The van der Waals surface area contributed by atoms with Gasteiger partial charge in [-0.05, 0) is 13.0 Å². The van der Waals surface area contributed by atoms with Gasteiger partial charge in [-0.2, -0.15) is 0 Å². The van der Waals surface area contributed by atoms with Crippen LogP contribution < -0.4 is 0 Å². The summed E-state index contributed by atoms with van der Waals surface area (Å²) < 4.78 is 1.86. The summed E-state index contributed by atoms with van der Waals surface area (Å²) in [5, 5.41) is 9.06. The van der Waals surface area contributed by atoms with E-state index in [2.05, 4.69) is 11.6 Å². The highest BCUT2D eigenvalue weighted by molar-refractivity contribution is 5.36. The van der Waals surface area contributed by atoms with Crippen molar-refractivity contribution in [3.63, 3.8) is 0 Å². The monoisotopic (exact) mass is 152 g/mol.